The second kappa shape index (κ2) is 6.63. The van der Waals surface area contributed by atoms with E-state index >= 15 is 0 Å². The molecule has 0 spiro atoms. The van der Waals surface area contributed by atoms with Crippen LogP contribution in [-0.4, -0.2) is 37.2 Å². The lowest BCUT2D eigenvalue weighted by molar-refractivity contribution is -0.137. The highest BCUT2D eigenvalue weighted by molar-refractivity contribution is 5.89. The predicted octanol–water partition coefficient (Wildman–Crippen LogP) is 1.74. The molecular weight excluding hydrogens is 246 g/mol. The van der Waals surface area contributed by atoms with Crippen LogP contribution in [0.2, 0.25) is 0 Å². The Labute approximate surface area is 112 Å². The molecule has 1 aromatic carbocycles. The number of hydrogen-bond donors (Lipinski definition) is 3. The van der Waals surface area contributed by atoms with Crippen molar-refractivity contribution < 1.29 is 14.7 Å². The van der Waals surface area contributed by atoms with E-state index in [0.29, 0.717) is 5.69 Å². The number of carboxylic acids is 1. The van der Waals surface area contributed by atoms with E-state index in [9.17, 15) is 9.59 Å². The molecule has 0 saturated carbocycles. The number of carbonyl (C=O) groups excluding carboxylic acids is 1. The average molecular weight is 265 g/mol. The van der Waals surface area contributed by atoms with Crippen LogP contribution in [0.1, 0.15) is 13.3 Å². The molecule has 0 aliphatic heterocycles. The van der Waals surface area contributed by atoms with Crippen molar-refractivity contribution in [1.29, 1.82) is 0 Å². The number of anilines is 2. The van der Waals surface area contributed by atoms with Gasteiger partial charge in [0, 0.05) is 31.5 Å². The van der Waals surface area contributed by atoms with E-state index in [-0.39, 0.29) is 6.42 Å². The Morgan fingerprint density at radius 1 is 1.26 bits per heavy atom. The molecule has 3 N–H and O–H groups in total. The minimum absolute atomic E-state index is 0.104. The van der Waals surface area contributed by atoms with E-state index in [1.54, 1.807) is 19.1 Å². The van der Waals surface area contributed by atoms with Crippen LogP contribution in [0, 0.1) is 0 Å². The zero-order chi connectivity index (χ0) is 14.4. The number of rotatable bonds is 5. The average Bonchev–Trinajstić information content (AvgIpc) is 2.27. The smallest absolute Gasteiger partial charge is 0.319 e. The predicted molar refractivity (Wildman–Crippen MR) is 74.6 cm³/mol. The first kappa shape index (κ1) is 14.8. The molecule has 0 bridgehead atoms. The first-order valence-electron chi connectivity index (χ1n) is 5.95. The van der Waals surface area contributed by atoms with E-state index in [1.165, 1.54) is 0 Å². The number of urea groups is 1. The van der Waals surface area contributed by atoms with Gasteiger partial charge in [0.2, 0.25) is 0 Å². The molecule has 0 heterocycles. The van der Waals surface area contributed by atoms with Crippen LogP contribution < -0.4 is 15.5 Å². The molecule has 2 amide bonds. The van der Waals surface area contributed by atoms with Crippen molar-refractivity contribution in [3.05, 3.63) is 24.3 Å². The normalized spacial score (nSPS) is 11.5. The van der Waals surface area contributed by atoms with Crippen LogP contribution >= 0.6 is 0 Å². The third-order valence-electron chi connectivity index (χ3n) is 2.50. The van der Waals surface area contributed by atoms with Crippen molar-refractivity contribution in [3.63, 3.8) is 0 Å². The summed E-state index contributed by atoms with van der Waals surface area (Å²) in [6.45, 7) is 1.64. The fourth-order valence-corrected chi connectivity index (χ4v) is 1.55. The fourth-order valence-electron chi connectivity index (χ4n) is 1.55. The van der Waals surface area contributed by atoms with Crippen LogP contribution in [-0.2, 0) is 4.79 Å². The first-order valence-corrected chi connectivity index (χ1v) is 5.95. The van der Waals surface area contributed by atoms with Gasteiger partial charge in [-0.25, -0.2) is 4.79 Å². The summed E-state index contributed by atoms with van der Waals surface area (Å²) in [7, 11) is 3.87. The molecule has 6 nitrogen and oxygen atoms in total. The molecule has 0 fully saturated rings. The van der Waals surface area contributed by atoms with E-state index < -0.39 is 18.0 Å². The zero-order valence-electron chi connectivity index (χ0n) is 11.3. The van der Waals surface area contributed by atoms with Crippen molar-refractivity contribution in [2.75, 3.05) is 24.3 Å². The molecule has 1 atom stereocenters. The molecule has 19 heavy (non-hydrogen) atoms. The van der Waals surface area contributed by atoms with Crippen LogP contribution in [0.25, 0.3) is 0 Å². The lowest BCUT2D eigenvalue weighted by atomic mass is 10.2. The van der Waals surface area contributed by atoms with Gasteiger partial charge >= 0.3 is 12.0 Å². The number of carboxylic acid groups (broad SMARTS) is 1. The third kappa shape index (κ3) is 5.29. The van der Waals surface area contributed by atoms with Crippen molar-refractivity contribution in [2.45, 2.75) is 19.4 Å². The van der Waals surface area contributed by atoms with E-state index in [4.69, 9.17) is 5.11 Å². The summed E-state index contributed by atoms with van der Waals surface area (Å²) in [5.41, 5.74) is 1.69. The van der Waals surface area contributed by atoms with Gasteiger partial charge in [0.25, 0.3) is 0 Å². The molecule has 0 aliphatic rings. The quantitative estimate of drug-likeness (QED) is 0.757. The maximum absolute atomic E-state index is 11.6. The van der Waals surface area contributed by atoms with Gasteiger partial charge in [-0.1, -0.05) is 0 Å². The standard InChI is InChI=1S/C13H19N3O3/c1-9(8-12(17)18)14-13(19)15-10-4-6-11(7-5-10)16(2)3/h4-7,9H,8H2,1-3H3,(H,17,18)(H2,14,15,19). The number of hydrogen-bond acceptors (Lipinski definition) is 3. The maximum atomic E-state index is 11.6. The Bertz CT molecular complexity index is 443. The van der Waals surface area contributed by atoms with E-state index in [0.717, 1.165) is 5.69 Å². The Kier molecular flexibility index (Phi) is 5.17. The monoisotopic (exact) mass is 265 g/mol. The summed E-state index contributed by atoms with van der Waals surface area (Å²) in [5, 5.41) is 13.8. The molecule has 6 heteroatoms. The number of amides is 2. The third-order valence-corrected chi connectivity index (χ3v) is 2.50. The molecule has 1 aromatic rings. The number of nitrogens with zero attached hydrogens (tertiary/aromatic N) is 1. The van der Waals surface area contributed by atoms with Crippen molar-refractivity contribution in [3.8, 4) is 0 Å². The Morgan fingerprint density at radius 2 is 1.84 bits per heavy atom. The van der Waals surface area contributed by atoms with Crippen LogP contribution in [0.3, 0.4) is 0 Å². The van der Waals surface area contributed by atoms with Gasteiger partial charge in [0.05, 0.1) is 6.42 Å². The van der Waals surface area contributed by atoms with Gasteiger partial charge in [-0.15, -0.1) is 0 Å². The Balaban J connectivity index is 2.50. The number of nitrogens with one attached hydrogen (secondary N) is 2. The van der Waals surface area contributed by atoms with E-state index in [1.807, 2.05) is 31.1 Å². The van der Waals surface area contributed by atoms with Gasteiger partial charge < -0.3 is 20.6 Å². The van der Waals surface area contributed by atoms with Gasteiger partial charge in [-0.05, 0) is 31.2 Å². The van der Waals surface area contributed by atoms with Gasteiger partial charge in [-0.2, -0.15) is 0 Å². The molecule has 1 unspecified atom stereocenters. The highest BCUT2D eigenvalue weighted by atomic mass is 16.4. The molecule has 0 aromatic heterocycles. The minimum atomic E-state index is -0.942. The fraction of sp³-hybridized carbons (Fsp3) is 0.385. The lowest BCUT2D eigenvalue weighted by Crippen LogP contribution is -2.37. The molecule has 104 valence electrons. The van der Waals surface area contributed by atoms with Crippen LogP contribution in [0.4, 0.5) is 16.2 Å². The Morgan fingerprint density at radius 3 is 2.32 bits per heavy atom. The number of aliphatic carboxylic acids is 1. The summed E-state index contributed by atoms with van der Waals surface area (Å²) in [4.78, 5) is 24.0. The molecule has 0 aliphatic carbocycles. The SMILES string of the molecule is CC(CC(=O)O)NC(=O)Nc1ccc(N(C)C)cc1. The number of benzene rings is 1. The van der Waals surface area contributed by atoms with Gasteiger partial charge in [-0.3, -0.25) is 4.79 Å². The second-order valence-corrected chi connectivity index (χ2v) is 4.54. The summed E-state index contributed by atoms with van der Waals surface area (Å²) in [6.07, 6.45) is -0.104. The minimum Gasteiger partial charge on any atom is -0.481 e. The van der Waals surface area contributed by atoms with Crippen LogP contribution in [0.15, 0.2) is 24.3 Å². The first-order chi connectivity index (χ1) is 8.88. The molecule has 0 saturated heterocycles. The van der Waals surface area contributed by atoms with Gasteiger partial charge in [0.1, 0.15) is 0 Å². The zero-order valence-corrected chi connectivity index (χ0v) is 11.3. The van der Waals surface area contributed by atoms with Crippen molar-refractivity contribution in [2.24, 2.45) is 0 Å². The number of carbonyl (C=O) groups is 2. The second-order valence-electron chi connectivity index (χ2n) is 4.54. The molecule has 1 rings (SSSR count). The van der Waals surface area contributed by atoms with Gasteiger partial charge in [0.15, 0.2) is 0 Å². The summed E-state index contributed by atoms with van der Waals surface area (Å²) in [6, 6.07) is 6.52. The summed E-state index contributed by atoms with van der Waals surface area (Å²) < 4.78 is 0. The topological polar surface area (TPSA) is 81.7 Å². The Hall–Kier alpha value is -2.24. The van der Waals surface area contributed by atoms with Crippen molar-refractivity contribution in [1.82, 2.24) is 5.32 Å². The van der Waals surface area contributed by atoms with Crippen molar-refractivity contribution >= 4 is 23.4 Å². The molecule has 0 radical (unpaired) electrons. The lowest BCUT2D eigenvalue weighted by Gasteiger charge is -2.14. The largest absolute Gasteiger partial charge is 0.481 e. The maximum Gasteiger partial charge on any atom is 0.319 e. The van der Waals surface area contributed by atoms with E-state index in [2.05, 4.69) is 10.6 Å². The highest BCUT2D eigenvalue weighted by Crippen LogP contribution is 2.15. The summed E-state index contributed by atoms with van der Waals surface area (Å²) in [5.74, 6) is -0.942. The van der Waals surface area contributed by atoms with Crippen LogP contribution in [0.5, 0.6) is 0 Å². The highest BCUT2D eigenvalue weighted by Gasteiger charge is 2.10. The molecular formula is C13H19N3O3. The summed E-state index contributed by atoms with van der Waals surface area (Å²) >= 11 is 0.